The minimum absolute atomic E-state index is 0.301. The number of aromatic nitrogens is 3. The molecule has 0 amide bonds. The smallest absolute Gasteiger partial charge is 0.173 e. The normalized spacial score (nSPS) is 9.93. The highest BCUT2D eigenvalue weighted by molar-refractivity contribution is 9.10. The Hall–Kier alpha value is -1.38. The molecule has 0 N–H and O–H groups in total. The molecule has 74 valence electrons. The van der Waals surface area contributed by atoms with Crippen molar-refractivity contribution in [2.45, 2.75) is 0 Å². The van der Waals surface area contributed by atoms with Crippen molar-refractivity contribution in [1.29, 1.82) is 5.26 Å². The molecule has 4 nitrogen and oxygen atoms in total. The lowest BCUT2D eigenvalue weighted by Gasteiger charge is -2.02. The zero-order chi connectivity index (χ0) is 10.8. The van der Waals surface area contributed by atoms with E-state index in [4.69, 9.17) is 16.9 Å². The van der Waals surface area contributed by atoms with Crippen LogP contribution in [0.1, 0.15) is 5.56 Å². The van der Waals surface area contributed by atoms with Crippen molar-refractivity contribution in [3.63, 3.8) is 0 Å². The van der Waals surface area contributed by atoms with Gasteiger partial charge in [0.2, 0.25) is 0 Å². The van der Waals surface area contributed by atoms with E-state index in [-0.39, 0.29) is 0 Å². The largest absolute Gasteiger partial charge is 0.236 e. The van der Waals surface area contributed by atoms with Crippen LogP contribution in [0.4, 0.5) is 0 Å². The number of nitriles is 1. The average molecular weight is 284 g/mol. The summed E-state index contributed by atoms with van der Waals surface area (Å²) in [5.74, 6) is 0.446. The Morgan fingerprint density at radius 2 is 2.33 bits per heavy atom. The summed E-state index contributed by atoms with van der Waals surface area (Å²) in [7, 11) is 0. The van der Waals surface area contributed by atoms with E-state index in [9.17, 15) is 0 Å². The summed E-state index contributed by atoms with van der Waals surface area (Å²) >= 11 is 9.26. The molecule has 0 radical (unpaired) electrons. The van der Waals surface area contributed by atoms with Crippen LogP contribution in [0, 0.1) is 11.3 Å². The third-order valence-corrected chi connectivity index (χ3v) is 2.54. The van der Waals surface area contributed by atoms with Crippen LogP contribution < -0.4 is 0 Å². The molecule has 0 fully saturated rings. The lowest BCUT2D eigenvalue weighted by molar-refractivity contribution is 0.846. The molecule has 2 aromatic heterocycles. The first-order chi connectivity index (χ1) is 7.22. The highest BCUT2D eigenvalue weighted by Crippen LogP contribution is 2.22. The summed E-state index contributed by atoms with van der Waals surface area (Å²) in [6.45, 7) is 0. The van der Waals surface area contributed by atoms with Crippen molar-refractivity contribution in [2.75, 3.05) is 0 Å². The van der Waals surface area contributed by atoms with Crippen LogP contribution in [-0.2, 0) is 0 Å². The predicted octanol–water partition coefficient (Wildman–Crippen LogP) is 2.55. The third-order valence-electron chi connectivity index (χ3n) is 1.76. The highest BCUT2D eigenvalue weighted by atomic mass is 79.9. The van der Waals surface area contributed by atoms with Crippen LogP contribution in [0.25, 0.3) is 5.82 Å². The van der Waals surface area contributed by atoms with Gasteiger partial charge in [0, 0.05) is 12.4 Å². The number of pyridine rings is 1. The Kier molecular flexibility index (Phi) is 2.71. The molecule has 0 saturated heterocycles. The quantitative estimate of drug-likeness (QED) is 0.808. The molecule has 2 aromatic rings. The van der Waals surface area contributed by atoms with Gasteiger partial charge >= 0.3 is 0 Å². The van der Waals surface area contributed by atoms with Gasteiger partial charge in [0.25, 0.3) is 0 Å². The Labute approximate surface area is 99.2 Å². The molecular formula is C9H4BrClN4. The lowest BCUT2D eigenvalue weighted by atomic mass is 10.3. The second-order valence-corrected chi connectivity index (χ2v) is 4.00. The molecule has 6 heteroatoms. The standard InChI is InChI=1S/C9H4BrClN4/c10-7-4-14-15(5-7)9-8(11)6(3-12)1-2-13-9/h1-2,4-5H. The fraction of sp³-hybridized carbons (Fsp3) is 0. The number of nitrogens with zero attached hydrogens (tertiary/aromatic N) is 4. The second kappa shape index (κ2) is 4.01. The van der Waals surface area contributed by atoms with Gasteiger partial charge in [0.15, 0.2) is 5.82 Å². The Bertz CT molecular complexity index is 543. The van der Waals surface area contributed by atoms with Gasteiger partial charge in [0.05, 0.1) is 16.2 Å². The molecule has 0 spiro atoms. The topological polar surface area (TPSA) is 54.5 Å². The van der Waals surface area contributed by atoms with Gasteiger partial charge in [-0.3, -0.25) is 0 Å². The average Bonchev–Trinajstić information content (AvgIpc) is 2.65. The maximum atomic E-state index is 8.79. The third kappa shape index (κ3) is 1.87. The molecule has 2 heterocycles. The van der Waals surface area contributed by atoms with Gasteiger partial charge in [-0.05, 0) is 22.0 Å². The molecule has 0 aromatic carbocycles. The number of hydrogen-bond donors (Lipinski definition) is 0. The monoisotopic (exact) mass is 282 g/mol. The van der Waals surface area contributed by atoms with Crippen molar-refractivity contribution in [1.82, 2.24) is 14.8 Å². The first kappa shape index (κ1) is 10.1. The van der Waals surface area contributed by atoms with Crippen molar-refractivity contribution >= 4 is 27.5 Å². The first-order valence-corrected chi connectivity index (χ1v) is 5.14. The zero-order valence-electron chi connectivity index (χ0n) is 7.35. The van der Waals surface area contributed by atoms with Gasteiger partial charge in [-0.1, -0.05) is 11.6 Å². The van der Waals surface area contributed by atoms with Crippen LogP contribution in [0.2, 0.25) is 5.02 Å². The van der Waals surface area contributed by atoms with Crippen molar-refractivity contribution < 1.29 is 0 Å². The second-order valence-electron chi connectivity index (χ2n) is 2.71. The summed E-state index contributed by atoms with van der Waals surface area (Å²) in [6.07, 6.45) is 4.86. The molecule has 0 atom stereocenters. The van der Waals surface area contributed by atoms with E-state index in [0.29, 0.717) is 16.4 Å². The molecule has 15 heavy (non-hydrogen) atoms. The Balaban J connectivity index is 2.59. The summed E-state index contributed by atoms with van der Waals surface area (Å²) in [4.78, 5) is 4.07. The molecule has 0 aliphatic heterocycles. The summed E-state index contributed by atoms with van der Waals surface area (Å²) in [5, 5.41) is 13.1. The van der Waals surface area contributed by atoms with E-state index in [1.54, 1.807) is 18.5 Å². The molecule has 2 rings (SSSR count). The van der Waals surface area contributed by atoms with Crippen LogP contribution >= 0.6 is 27.5 Å². The van der Waals surface area contributed by atoms with Gasteiger partial charge in [-0.25, -0.2) is 9.67 Å². The Morgan fingerprint density at radius 1 is 1.53 bits per heavy atom. The minimum atomic E-state index is 0.301. The number of halogens is 2. The van der Waals surface area contributed by atoms with Crippen molar-refractivity contribution in [3.8, 4) is 11.9 Å². The molecule has 0 saturated carbocycles. The zero-order valence-corrected chi connectivity index (χ0v) is 9.70. The maximum absolute atomic E-state index is 8.79. The fourth-order valence-electron chi connectivity index (χ4n) is 1.10. The van der Waals surface area contributed by atoms with E-state index < -0.39 is 0 Å². The van der Waals surface area contributed by atoms with Gasteiger partial charge in [-0.15, -0.1) is 0 Å². The summed E-state index contributed by atoms with van der Waals surface area (Å²) < 4.78 is 2.33. The van der Waals surface area contributed by atoms with E-state index >= 15 is 0 Å². The van der Waals surface area contributed by atoms with E-state index in [0.717, 1.165) is 4.47 Å². The number of rotatable bonds is 1. The van der Waals surface area contributed by atoms with E-state index in [1.807, 2.05) is 6.07 Å². The van der Waals surface area contributed by atoms with Crippen LogP contribution in [0.5, 0.6) is 0 Å². The van der Waals surface area contributed by atoms with Crippen LogP contribution in [0.15, 0.2) is 29.1 Å². The Morgan fingerprint density at radius 3 is 2.93 bits per heavy atom. The molecule has 0 aliphatic carbocycles. The highest BCUT2D eigenvalue weighted by Gasteiger charge is 2.09. The van der Waals surface area contributed by atoms with E-state index in [1.165, 1.54) is 10.9 Å². The maximum Gasteiger partial charge on any atom is 0.173 e. The lowest BCUT2D eigenvalue weighted by Crippen LogP contribution is -1.99. The minimum Gasteiger partial charge on any atom is -0.236 e. The summed E-state index contributed by atoms with van der Waals surface area (Å²) in [5.41, 5.74) is 0.383. The van der Waals surface area contributed by atoms with Crippen LogP contribution in [-0.4, -0.2) is 14.8 Å². The first-order valence-electron chi connectivity index (χ1n) is 3.97. The fourth-order valence-corrected chi connectivity index (χ4v) is 1.62. The van der Waals surface area contributed by atoms with E-state index in [2.05, 4.69) is 26.0 Å². The van der Waals surface area contributed by atoms with Crippen molar-refractivity contribution in [2.24, 2.45) is 0 Å². The predicted molar refractivity (Wildman–Crippen MR) is 58.8 cm³/mol. The number of hydrogen-bond acceptors (Lipinski definition) is 3. The molecule has 0 unspecified atom stereocenters. The SMILES string of the molecule is N#Cc1ccnc(-n2cc(Br)cn2)c1Cl. The van der Waals surface area contributed by atoms with Gasteiger partial charge < -0.3 is 0 Å². The van der Waals surface area contributed by atoms with Gasteiger partial charge in [-0.2, -0.15) is 10.4 Å². The summed E-state index contributed by atoms with van der Waals surface area (Å²) in [6, 6.07) is 3.55. The molecule has 0 aliphatic rings. The van der Waals surface area contributed by atoms with Gasteiger partial charge in [0.1, 0.15) is 11.1 Å². The van der Waals surface area contributed by atoms with Crippen LogP contribution in [0.3, 0.4) is 0 Å². The molecule has 0 bridgehead atoms. The molecular weight excluding hydrogens is 279 g/mol. The van der Waals surface area contributed by atoms with Crippen molar-refractivity contribution in [3.05, 3.63) is 39.7 Å².